The first-order valence-electron chi connectivity index (χ1n) is 8.05. The number of rotatable bonds is 4. The fourth-order valence-electron chi connectivity index (χ4n) is 3.14. The van der Waals surface area contributed by atoms with E-state index in [0.29, 0.717) is 12.0 Å². The number of aromatic nitrogens is 4. The Kier molecular flexibility index (Phi) is 4.22. The van der Waals surface area contributed by atoms with Crippen LogP contribution in [0.1, 0.15) is 46.0 Å². The van der Waals surface area contributed by atoms with Gasteiger partial charge in [0.2, 0.25) is 5.95 Å². The minimum Gasteiger partial charge on any atom is -0.354 e. The maximum Gasteiger partial charge on any atom is 0.226 e. The van der Waals surface area contributed by atoms with Crippen LogP contribution in [0.15, 0.2) is 6.33 Å². The lowest BCUT2D eigenvalue weighted by Gasteiger charge is -2.30. The fraction of sp³-hybridized carbons (Fsp3) is 0.667. The van der Waals surface area contributed by atoms with E-state index in [1.807, 2.05) is 0 Å². The van der Waals surface area contributed by atoms with E-state index in [9.17, 15) is 0 Å². The van der Waals surface area contributed by atoms with Crippen LogP contribution in [0.3, 0.4) is 0 Å². The van der Waals surface area contributed by atoms with E-state index in [1.54, 1.807) is 6.33 Å². The SMILES string of the molecule is CCNc1nc(N2CCCCCC2CC)c2[nH]cnc2n1. The van der Waals surface area contributed by atoms with Gasteiger partial charge in [-0.05, 0) is 26.2 Å². The second kappa shape index (κ2) is 6.28. The van der Waals surface area contributed by atoms with Gasteiger partial charge in [0.15, 0.2) is 11.5 Å². The lowest BCUT2D eigenvalue weighted by molar-refractivity contribution is 0.553. The third-order valence-electron chi connectivity index (χ3n) is 4.22. The van der Waals surface area contributed by atoms with Crippen molar-refractivity contribution >= 4 is 22.9 Å². The zero-order valence-electron chi connectivity index (χ0n) is 12.9. The molecule has 1 aliphatic rings. The van der Waals surface area contributed by atoms with Gasteiger partial charge in [-0.15, -0.1) is 0 Å². The fourth-order valence-corrected chi connectivity index (χ4v) is 3.14. The molecule has 2 N–H and O–H groups in total. The first kappa shape index (κ1) is 14.1. The van der Waals surface area contributed by atoms with E-state index in [0.717, 1.165) is 36.5 Å². The maximum atomic E-state index is 4.76. The van der Waals surface area contributed by atoms with Crippen LogP contribution in [-0.2, 0) is 0 Å². The van der Waals surface area contributed by atoms with Crippen LogP contribution in [-0.4, -0.2) is 39.1 Å². The lowest BCUT2D eigenvalue weighted by Crippen LogP contribution is -2.35. The van der Waals surface area contributed by atoms with E-state index in [-0.39, 0.29) is 0 Å². The van der Waals surface area contributed by atoms with Gasteiger partial charge < -0.3 is 15.2 Å². The summed E-state index contributed by atoms with van der Waals surface area (Å²) in [7, 11) is 0. The van der Waals surface area contributed by atoms with Gasteiger partial charge in [0.05, 0.1) is 6.33 Å². The molecule has 0 radical (unpaired) electrons. The van der Waals surface area contributed by atoms with Crippen molar-refractivity contribution in [2.75, 3.05) is 23.3 Å². The summed E-state index contributed by atoms with van der Waals surface area (Å²) in [4.78, 5) is 19.2. The molecule has 0 bridgehead atoms. The summed E-state index contributed by atoms with van der Waals surface area (Å²) in [5.74, 6) is 1.67. The number of H-pyrrole nitrogens is 1. The van der Waals surface area contributed by atoms with Gasteiger partial charge in [-0.3, -0.25) is 0 Å². The van der Waals surface area contributed by atoms with Gasteiger partial charge in [0, 0.05) is 19.1 Å². The molecule has 0 aliphatic carbocycles. The predicted molar refractivity (Wildman–Crippen MR) is 85.7 cm³/mol. The van der Waals surface area contributed by atoms with Gasteiger partial charge in [-0.2, -0.15) is 9.97 Å². The Labute approximate surface area is 125 Å². The molecule has 3 heterocycles. The molecular weight excluding hydrogens is 264 g/mol. The molecule has 0 aromatic carbocycles. The minimum atomic E-state index is 0.559. The summed E-state index contributed by atoms with van der Waals surface area (Å²) in [6.07, 6.45) is 7.95. The molecular formula is C15H24N6. The topological polar surface area (TPSA) is 69.7 Å². The van der Waals surface area contributed by atoms with E-state index in [2.05, 4.69) is 39.0 Å². The van der Waals surface area contributed by atoms with E-state index < -0.39 is 0 Å². The second-order valence-electron chi connectivity index (χ2n) is 5.61. The molecule has 6 nitrogen and oxygen atoms in total. The van der Waals surface area contributed by atoms with Crippen molar-refractivity contribution in [1.29, 1.82) is 0 Å². The van der Waals surface area contributed by atoms with E-state index in [1.165, 1.54) is 25.7 Å². The van der Waals surface area contributed by atoms with Crippen molar-refractivity contribution in [3.8, 4) is 0 Å². The van der Waals surface area contributed by atoms with E-state index in [4.69, 9.17) is 4.98 Å². The Hall–Kier alpha value is -1.85. The van der Waals surface area contributed by atoms with Crippen LogP contribution < -0.4 is 10.2 Å². The van der Waals surface area contributed by atoms with Gasteiger partial charge >= 0.3 is 0 Å². The summed E-state index contributed by atoms with van der Waals surface area (Å²) >= 11 is 0. The Balaban J connectivity index is 2.05. The number of fused-ring (bicyclic) bond motifs is 1. The molecule has 2 aromatic rings. The monoisotopic (exact) mass is 288 g/mol. The summed E-state index contributed by atoms with van der Waals surface area (Å²) in [6.45, 7) is 6.19. The molecule has 1 fully saturated rings. The van der Waals surface area contributed by atoms with Gasteiger partial charge in [-0.1, -0.05) is 19.8 Å². The standard InChI is InChI=1S/C15H24N6/c1-3-11-8-6-5-7-9-21(11)14-12-13(18-10-17-12)19-15(20-14)16-4-2/h10-11H,3-9H2,1-2H3,(H2,16,17,18,19,20). The highest BCUT2D eigenvalue weighted by molar-refractivity contribution is 5.84. The van der Waals surface area contributed by atoms with Crippen molar-refractivity contribution in [3.05, 3.63) is 6.33 Å². The van der Waals surface area contributed by atoms with Crippen molar-refractivity contribution < 1.29 is 0 Å². The maximum absolute atomic E-state index is 4.76. The third-order valence-corrected chi connectivity index (χ3v) is 4.22. The third kappa shape index (κ3) is 2.80. The molecule has 0 saturated carbocycles. The number of nitrogens with one attached hydrogen (secondary N) is 2. The Morgan fingerprint density at radius 3 is 3.00 bits per heavy atom. The summed E-state index contributed by atoms with van der Waals surface area (Å²) in [5, 5.41) is 3.21. The highest BCUT2D eigenvalue weighted by Crippen LogP contribution is 2.29. The molecule has 1 atom stereocenters. The number of hydrogen-bond donors (Lipinski definition) is 2. The molecule has 0 spiro atoms. The van der Waals surface area contributed by atoms with Gasteiger partial charge in [0.1, 0.15) is 5.52 Å². The number of aromatic amines is 1. The van der Waals surface area contributed by atoms with Crippen LogP contribution in [0.5, 0.6) is 0 Å². The molecule has 1 saturated heterocycles. The zero-order valence-corrected chi connectivity index (χ0v) is 12.9. The summed E-state index contributed by atoms with van der Waals surface area (Å²) < 4.78 is 0. The highest BCUT2D eigenvalue weighted by Gasteiger charge is 2.24. The zero-order chi connectivity index (χ0) is 14.7. The van der Waals surface area contributed by atoms with Gasteiger partial charge in [0.25, 0.3) is 0 Å². The molecule has 2 aromatic heterocycles. The molecule has 0 amide bonds. The number of hydrogen-bond acceptors (Lipinski definition) is 5. The molecule has 6 heteroatoms. The molecule has 1 unspecified atom stereocenters. The average molecular weight is 288 g/mol. The Morgan fingerprint density at radius 1 is 1.29 bits per heavy atom. The first-order valence-corrected chi connectivity index (χ1v) is 8.05. The van der Waals surface area contributed by atoms with E-state index >= 15 is 0 Å². The molecule has 3 rings (SSSR count). The normalized spacial score (nSPS) is 19.7. The quantitative estimate of drug-likeness (QED) is 0.905. The smallest absolute Gasteiger partial charge is 0.226 e. The second-order valence-corrected chi connectivity index (χ2v) is 5.61. The Bertz CT molecular complexity index is 593. The summed E-state index contributed by atoms with van der Waals surface area (Å²) in [5.41, 5.74) is 1.70. The first-order chi connectivity index (χ1) is 10.3. The number of imidazole rings is 1. The van der Waals surface area contributed by atoms with Crippen molar-refractivity contribution in [2.45, 2.75) is 52.0 Å². The van der Waals surface area contributed by atoms with Crippen molar-refractivity contribution in [1.82, 2.24) is 19.9 Å². The van der Waals surface area contributed by atoms with Crippen LogP contribution >= 0.6 is 0 Å². The van der Waals surface area contributed by atoms with Crippen molar-refractivity contribution in [2.24, 2.45) is 0 Å². The van der Waals surface area contributed by atoms with Crippen molar-refractivity contribution in [3.63, 3.8) is 0 Å². The van der Waals surface area contributed by atoms with Gasteiger partial charge in [-0.25, -0.2) is 4.98 Å². The van der Waals surface area contributed by atoms with Crippen LogP contribution in [0.4, 0.5) is 11.8 Å². The number of nitrogens with zero attached hydrogens (tertiary/aromatic N) is 4. The molecule has 21 heavy (non-hydrogen) atoms. The van der Waals surface area contributed by atoms with Crippen LogP contribution in [0, 0.1) is 0 Å². The minimum absolute atomic E-state index is 0.559. The Morgan fingerprint density at radius 2 is 2.19 bits per heavy atom. The summed E-state index contributed by atoms with van der Waals surface area (Å²) in [6, 6.07) is 0.559. The lowest BCUT2D eigenvalue weighted by atomic mass is 10.1. The number of anilines is 2. The molecule has 1 aliphatic heterocycles. The van der Waals surface area contributed by atoms with Crippen LogP contribution in [0.2, 0.25) is 0 Å². The predicted octanol–water partition coefficient (Wildman–Crippen LogP) is 2.94. The van der Waals surface area contributed by atoms with Crippen LogP contribution in [0.25, 0.3) is 11.2 Å². The molecule has 114 valence electrons. The average Bonchev–Trinajstić information content (AvgIpc) is 2.83. The largest absolute Gasteiger partial charge is 0.354 e. The highest BCUT2D eigenvalue weighted by atomic mass is 15.3.